The fourth-order valence-electron chi connectivity index (χ4n) is 4.88. The fourth-order valence-corrected chi connectivity index (χ4v) is 5.08. The number of hydrogen-bond acceptors (Lipinski definition) is 5. The van der Waals surface area contributed by atoms with Gasteiger partial charge in [-0.2, -0.15) is 9.97 Å². The Morgan fingerprint density at radius 1 is 1.00 bits per heavy atom. The van der Waals surface area contributed by atoms with Gasteiger partial charge < -0.3 is 20.4 Å². The van der Waals surface area contributed by atoms with Crippen molar-refractivity contribution >= 4 is 34.9 Å². The van der Waals surface area contributed by atoms with Gasteiger partial charge in [0.05, 0.1) is 0 Å². The third kappa shape index (κ3) is 6.31. The smallest absolute Gasteiger partial charge is 0.232 e. The maximum absolute atomic E-state index is 5.55. The summed E-state index contributed by atoms with van der Waals surface area (Å²) in [6, 6.07) is 12.7. The Labute approximate surface area is 197 Å². The zero-order chi connectivity index (χ0) is 22.3. The second-order valence-corrected chi connectivity index (χ2v) is 9.83. The number of nitrogens with one attached hydrogen (secondary N) is 2. The number of piperidine rings is 1. The van der Waals surface area contributed by atoms with E-state index in [2.05, 4.69) is 70.7 Å². The average molecular weight is 453 g/mol. The molecule has 0 spiro atoms. The van der Waals surface area contributed by atoms with E-state index < -0.39 is 0 Å². The molecule has 0 radical (unpaired) electrons. The molecule has 0 saturated carbocycles. The van der Waals surface area contributed by atoms with Crippen LogP contribution in [0, 0.1) is 11.8 Å². The van der Waals surface area contributed by atoms with E-state index in [9.17, 15) is 0 Å². The molecule has 2 N–H and O–H groups in total. The first-order valence-electron chi connectivity index (χ1n) is 12.0. The largest absolute Gasteiger partial charge is 0.362 e. The topological polar surface area (TPSA) is 56.3 Å². The third-order valence-corrected chi connectivity index (χ3v) is 6.56. The quantitative estimate of drug-likeness (QED) is 0.474. The van der Waals surface area contributed by atoms with Gasteiger partial charge in [0.1, 0.15) is 11.6 Å². The number of hydrogen-bond donors (Lipinski definition) is 2. The molecule has 0 aliphatic carbocycles. The summed E-state index contributed by atoms with van der Waals surface area (Å²) < 4.78 is 0. The van der Waals surface area contributed by atoms with E-state index >= 15 is 0 Å². The molecule has 4 rings (SSSR count). The van der Waals surface area contributed by atoms with Crippen molar-refractivity contribution in [2.45, 2.75) is 46.0 Å². The second kappa shape index (κ2) is 10.9. The Morgan fingerprint density at radius 3 is 2.34 bits per heavy atom. The van der Waals surface area contributed by atoms with Crippen molar-refractivity contribution in [3.63, 3.8) is 0 Å². The van der Waals surface area contributed by atoms with E-state index in [4.69, 9.17) is 22.2 Å². The highest BCUT2D eigenvalue weighted by molar-refractivity contribution is 7.80. The van der Waals surface area contributed by atoms with Crippen molar-refractivity contribution in [2.24, 2.45) is 11.8 Å². The van der Waals surface area contributed by atoms with Gasteiger partial charge in [-0.25, -0.2) is 0 Å². The van der Waals surface area contributed by atoms with Crippen LogP contribution in [0.4, 0.5) is 17.6 Å². The van der Waals surface area contributed by atoms with Crippen LogP contribution in [-0.2, 0) is 6.42 Å². The van der Waals surface area contributed by atoms with Crippen LogP contribution in [0.15, 0.2) is 36.4 Å². The van der Waals surface area contributed by atoms with E-state index in [1.165, 1.54) is 24.8 Å². The summed E-state index contributed by atoms with van der Waals surface area (Å²) in [5.41, 5.74) is 1.35. The third-order valence-electron chi connectivity index (χ3n) is 6.32. The molecule has 1 aromatic carbocycles. The summed E-state index contributed by atoms with van der Waals surface area (Å²) in [4.78, 5) is 14.5. The van der Waals surface area contributed by atoms with Crippen LogP contribution >= 0.6 is 12.2 Å². The van der Waals surface area contributed by atoms with Crippen LogP contribution < -0.4 is 20.4 Å². The van der Waals surface area contributed by atoms with Crippen molar-refractivity contribution < 1.29 is 0 Å². The van der Waals surface area contributed by atoms with Gasteiger partial charge in [0.2, 0.25) is 5.95 Å². The summed E-state index contributed by atoms with van der Waals surface area (Å²) in [7, 11) is 0. The van der Waals surface area contributed by atoms with E-state index in [0.29, 0.717) is 22.9 Å². The van der Waals surface area contributed by atoms with Gasteiger partial charge in [0.15, 0.2) is 5.11 Å². The average Bonchev–Trinajstić information content (AvgIpc) is 3.32. The predicted molar refractivity (Wildman–Crippen MR) is 138 cm³/mol. The van der Waals surface area contributed by atoms with Crippen molar-refractivity contribution in [3.05, 3.63) is 42.0 Å². The maximum atomic E-state index is 5.55. The maximum Gasteiger partial charge on any atom is 0.232 e. The van der Waals surface area contributed by atoms with Crippen LogP contribution in [-0.4, -0.2) is 47.8 Å². The molecule has 2 aliphatic heterocycles. The van der Waals surface area contributed by atoms with Gasteiger partial charge in [-0.3, -0.25) is 0 Å². The normalized spacial score (nSPS) is 20.9. The van der Waals surface area contributed by atoms with Crippen molar-refractivity contribution in [2.75, 3.05) is 47.8 Å². The lowest BCUT2D eigenvalue weighted by Crippen LogP contribution is -2.39. The Morgan fingerprint density at radius 2 is 1.66 bits per heavy atom. The zero-order valence-corrected chi connectivity index (χ0v) is 20.2. The molecule has 2 fully saturated rings. The molecule has 0 amide bonds. The van der Waals surface area contributed by atoms with Crippen molar-refractivity contribution in [3.8, 4) is 0 Å². The minimum atomic E-state index is 0.586. The first-order valence-corrected chi connectivity index (χ1v) is 12.5. The monoisotopic (exact) mass is 452 g/mol. The highest BCUT2D eigenvalue weighted by Crippen LogP contribution is 2.29. The van der Waals surface area contributed by atoms with Gasteiger partial charge >= 0.3 is 0 Å². The first-order chi connectivity index (χ1) is 15.6. The van der Waals surface area contributed by atoms with Crippen LogP contribution in [0.1, 0.15) is 45.1 Å². The number of benzene rings is 1. The molecule has 2 atom stereocenters. The van der Waals surface area contributed by atoms with Crippen LogP contribution in [0.25, 0.3) is 0 Å². The molecule has 3 heterocycles. The number of aryl methyl sites for hydroxylation is 1. The lowest BCUT2D eigenvalue weighted by atomic mass is 9.92. The minimum absolute atomic E-state index is 0.586. The summed E-state index contributed by atoms with van der Waals surface area (Å²) >= 11 is 5.55. The number of aromatic nitrogens is 2. The summed E-state index contributed by atoms with van der Waals surface area (Å²) in [5, 5.41) is 7.15. The van der Waals surface area contributed by atoms with E-state index in [0.717, 1.165) is 57.2 Å². The van der Waals surface area contributed by atoms with Crippen molar-refractivity contribution in [1.82, 2.24) is 15.3 Å². The first kappa shape index (κ1) is 22.8. The predicted octanol–water partition coefficient (Wildman–Crippen LogP) is 4.48. The molecule has 6 nitrogen and oxygen atoms in total. The van der Waals surface area contributed by atoms with E-state index in [1.54, 1.807) is 0 Å². The van der Waals surface area contributed by atoms with E-state index in [-0.39, 0.29) is 0 Å². The number of rotatable bonds is 7. The molecule has 0 unspecified atom stereocenters. The highest BCUT2D eigenvalue weighted by atomic mass is 32.1. The second-order valence-electron chi connectivity index (χ2n) is 9.42. The Balaban J connectivity index is 1.40. The molecular formula is C25H36N6S. The summed E-state index contributed by atoms with van der Waals surface area (Å²) in [6.45, 7) is 9.69. The van der Waals surface area contributed by atoms with Crippen LogP contribution in [0.2, 0.25) is 0 Å². The lowest BCUT2D eigenvalue weighted by Gasteiger charge is -2.36. The Hall–Kier alpha value is -2.41. The van der Waals surface area contributed by atoms with Gasteiger partial charge in [-0.05, 0) is 61.7 Å². The summed E-state index contributed by atoms with van der Waals surface area (Å²) in [6.07, 6.45) is 5.79. The molecule has 2 saturated heterocycles. The molecule has 1 aromatic heterocycles. The minimum Gasteiger partial charge on any atom is -0.362 e. The van der Waals surface area contributed by atoms with Gasteiger partial charge in [0, 0.05) is 38.8 Å². The summed E-state index contributed by atoms with van der Waals surface area (Å²) in [5.74, 6) is 3.96. The van der Waals surface area contributed by atoms with Crippen molar-refractivity contribution in [1.29, 1.82) is 0 Å². The zero-order valence-electron chi connectivity index (χ0n) is 19.4. The molecule has 7 heteroatoms. The standard InChI is InChI=1S/C25H36N6S/c1-19-15-20(2)18-31(17-19)23-16-22(30-13-6-7-14-30)27-24(28-23)29-25(32)26-12-8-11-21-9-4-3-5-10-21/h3-5,9-10,16,19-20H,6-8,11-15,17-18H2,1-2H3,(H2,26,27,28,29,32)/t19-,20-/m1/s1. The van der Waals surface area contributed by atoms with E-state index in [1.807, 2.05) is 0 Å². The molecule has 2 aromatic rings. The van der Waals surface area contributed by atoms with Crippen LogP contribution in [0.5, 0.6) is 0 Å². The lowest BCUT2D eigenvalue weighted by molar-refractivity contribution is 0.355. The molecule has 32 heavy (non-hydrogen) atoms. The fraction of sp³-hybridized carbons (Fsp3) is 0.560. The van der Waals surface area contributed by atoms with Gasteiger partial charge in [0.25, 0.3) is 0 Å². The number of anilines is 3. The number of thiocarbonyl (C=S) groups is 1. The Kier molecular flexibility index (Phi) is 7.79. The molecule has 2 aliphatic rings. The van der Waals surface area contributed by atoms with Crippen LogP contribution in [0.3, 0.4) is 0 Å². The molecule has 172 valence electrons. The number of nitrogens with zero attached hydrogens (tertiary/aromatic N) is 4. The van der Waals surface area contributed by atoms with Gasteiger partial charge in [-0.15, -0.1) is 0 Å². The van der Waals surface area contributed by atoms with Gasteiger partial charge in [-0.1, -0.05) is 44.2 Å². The highest BCUT2D eigenvalue weighted by Gasteiger charge is 2.25. The molecular weight excluding hydrogens is 416 g/mol. The molecule has 0 bridgehead atoms. The Bertz CT molecular complexity index is 873. The SMILES string of the molecule is C[C@@H]1C[C@@H](C)CN(c2cc(N3CCCC3)nc(NC(=S)NCCCc3ccccc3)n2)C1.